The molecule has 0 aliphatic heterocycles. The highest BCUT2D eigenvalue weighted by molar-refractivity contribution is 6.03. The first-order valence-corrected chi connectivity index (χ1v) is 5.27. The number of ether oxygens (including phenoxy) is 2. The molecule has 0 aromatic rings. The highest BCUT2D eigenvalue weighted by Gasteiger charge is 2.57. The van der Waals surface area contributed by atoms with Gasteiger partial charge < -0.3 is 9.47 Å². The van der Waals surface area contributed by atoms with Crippen molar-refractivity contribution in [3.05, 3.63) is 11.1 Å². The Bertz CT molecular complexity index is 378. The van der Waals surface area contributed by atoms with Gasteiger partial charge in [-0.1, -0.05) is 12.5 Å². The molecule has 0 radical (unpaired) electrons. The molecule has 0 heterocycles. The number of methoxy groups -OCH3 is 2. The molecule has 0 amide bonds. The summed E-state index contributed by atoms with van der Waals surface area (Å²) in [5.74, 6) is -1.85. The highest BCUT2D eigenvalue weighted by Crippen LogP contribution is 2.47. The van der Waals surface area contributed by atoms with E-state index in [0.29, 0.717) is 11.9 Å². The minimum Gasteiger partial charge on any atom is -0.468 e. The van der Waals surface area contributed by atoms with Gasteiger partial charge in [0, 0.05) is 5.92 Å². The Balaban J connectivity index is 3.27. The molecule has 1 atom stereocenters. The van der Waals surface area contributed by atoms with E-state index in [1.54, 1.807) is 13.8 Å². The van der Waals surface area contributed by atoms with Crippen molar-refractivity contribution < 1.29 is 23.9 Å². The number of carbonyl (C=O) groups excluding carboxylic acids is 3. The van der Waals surface area contributed by atoms with E-state index < -0.39 is 23.3 Å². The molecule has 0 unspecified atom stereocenters. The number of rotatable bonds is 3. The van der Waals surface area contributed by atoms with Gasteiger partial charge in [-0.05, 0) is 18.9 Å². The van der Waals surface area contributed by atoms with Crippen LogP contribution in [0.3, 0.4) is 0 Å². The van der Waals surface area contributed by atoms with Crippen molar-refractivity contribution in [1.29, 1.82) is 0 Å². The normalized spacial score (nSPS) is 22.2. The zero-order chi connectivity index (χ0) is 13.2. The largest absolute Gasteiger partial charge is 0.468 e. The van der Waals surface area contributed by atoms with Crippen LogP contribution in [-0.2, 0) is 23.9 Å². The van der Waals surface area contributed by atoms with Gasteiger partial charge in [0.05, 0.1) is 14.2 Å². The first-order valence-electron chi connectivity index (χ1n) is 5.27. The third-order valence-electron chi connectivity index (χ3n) is 3.47. The van der Waals surface area contributed by atoms with Crippen molar-refractivity contribution in [3.63, 3.8) is 0 Å². The van der Waals surface area contributed by atoms with Gasteiger partial charge in [0.25, 0.3) is 0 Å². The minimum absolute atomic E-state index is 0.168. The van der Waals surface area contributed by atoms with E-state index in [4.69, 9.17) is 0 Å². The molecule has 0 fully saturated rings. The third-order valence-corrected chi connectivity index (χ3v) is 3.47. The third kappa shape index (κ3) is 1.75. The average molecular weight is 240 g/mol. The monoisotopic (exact) mass is 240 g/mol. The molecule has 0 aromatic carbocycles. The fourth-order valence-corrected chi connectivity index (χ4v) is 2.46. The lowest BCUT2D eigenvalue weighted by Crippen LogP contribution is -2.44. The van der Waals surface area contributed by atoms with Crippen LogP contribution in [0.25, 0.3) is 0 Å². The lowest BCUT2D eigenvalue weighted by Gasteiger charge is -2.28. The van der Waals surface area contributed by atoms with Crippen molar-refractivity contribution in [2.45, 2.75) is 20.3 Å². The quantitative estimate of drug-likeness (QED) is 0.416. The molecule has 1 rings (SSSR count). The fourth-order valence-electron chi connectivity index (χ4n) is 2.46. The van der Waals surface area contributed by atoms with E-state index in [1.165, 1.54) is 14.2 Å². The van der Waals surface area contributed by atoms with E-state index in [-0.39, 0.29) is 6.42 Å². The molecular formula is C12H16O5. The molecule has 17 heavy (non-hydrogen) atoms. The van der Waals surface area contributed by atoms with Crippen LogP contribution in [0.15, 0.2) is 11.1 Å². The van der Waals surface area contributed by atoms with E-state index in [0.717, 1.165) is 5.57 Å². The van der Waals surface area contributed by atoms with Crippen molar-refractivity contribution >= 4 is 18.2 Å². The predicted octanol–water partition coefficient (Wildman–Crippen LogP) is 0.874. The number of hydrogen-bond acceptors (Lipinski definition) is 5. The zero-order valence-electron chi connectivity index (χ0n) is 10.4. The van der Waals surface area contributed by atoms with Crippen LogP contribution in [0.4, 0.5) is 0 Å². The van der Waals surface area contributed by atoms with Crippen LogP contribution < -0.4 is 0 Å². The van der Waals surface area contributed by atoms with E-state index in [1.807, 2.05) is 0 Å². The number of aldehydes is 1. The Kier molecular flexibility index (Phi) is 3.70. The van der Waals surface area contributed by atoms with E-state index in [9.17, 15) is 14.4 Å². The molecule has 94 valence electrons. The molecule has 1 aliphatic carbocycles. The first-order chi connectivity index (χ1) is 7.95. The summed E-state index contributed by atoms with van der Waals surface area (Å²) in [7, 11) is 2.43. The SMILES string of the molecule is COC(=O)C1(C(=O)OC)CC(C)=C(C=O)[C@H]1C. The highest BCUT2D eigenvalue weighted by atomic mass is 16.5. The van der Waals surface area contributed by atoms with Crippen molar-refractivity contribution in [1.82, 2.24) is 0 Å². The van der Waals surface area contributed by atoms with Crippen molar-refractivity contribution in [2.75, 3.05) is 14.2 Å². The molecule has 0 N–H and O–H groups in total. The van der Waals surface area contributed by atoms with Gasteiger partial charge >= 0.3 is 11.9 Å². The van der Waals surface area contributed by atoms with E-state index in [2.05, 4.69) is 9.47 Å². The maximum Gasteiger partial charge on any atom is 0.324 e. The van der Waals surface area contributed by atoms with Crippen LogP contribution >= 0.6 is 0 Å². The van der Waals surface area contributed by atoms with Crippen molar-refractivity contribution in [2.24, 2.45) is 11.3 Å². The Morgan fingerprint density at radius 3 is 2.06 bits per heavy atom. The molecule has 0 bridgehead atoms. The van der Waals surface area contributed by atoms with Crippen LogP contribution in [0.2, 0.25) is 0 Å². The van der Waals surface area contributed by atoms with Crippen molar-refractivity contribution in [3.8, 4) is 0 Å². The summed E-state index contributed by atoms with van der Waals surface area (Å²) in [5.41, 5.74) is -0.215. The first kappa shape index (κ1) is 13.4. The Hall–Kier alpha value is -1.65. The van der Waals surface area contributed by atoms with Gasteiger partial charge in [-0.15, -0.1) is 0 Å². The number of carbonyl (C=O) groups is 3. The molecule has 1 aliphatic rings. The molecular weight excluding hydrogens is 224 g/mol. The molecule has 0 aromatic heterocycles. The zero-order valence-corrected chi connectivity index (χ0v) is 10.4. The molecule has 0 spiro atoms. The van der Waals surface area contributed by atoms with Crippen LogP contribution in [-0.4, -0.2) is 32.4 Å². The number of allylic oxidation sites excluding steroid dienone is 2. The smallest absolute Gasteiger partial charge is 0.324 e. The van der Waals surface area contributed by atoms with Gasteiger partial charge in [0.1, 0.15) is 6.29 Å². The van der Waals surface area contributed by atoms with Gasteiger partial charge in [0.2, 0.25) is 0 Å². The number of esters is 2. The summed E-state index contributed by atoms with van der Waals surface area (Å²) in [6.07, 6.45) is 0.856. The van der Waals surface area contributed by atoms with Crippen LogP contribution in [0.1, 0.15) is 20.3 Å². The topological polar surface area (TPSA) is 69.7 Å². The van der Waals surface area contributed by atoms with Gasteiger partial charge in [-0.25, -0.2) is 0 Å². The second kappa shape index (κ2) is 4.69. The second-order valence-corrected chi connectivity index (χ2v) is 4.21. The summed E-state index contributed by atoms with van der Waals surface area (Å²) in [6.45, 7) is 3.39. The van der Waals surface area contributed by atoms with Gasteiger partial charge in [-0.2, -0.15) is 0 Å². The Morgan fingerprint density at radius 1 is 1.29 bits per heavy atom. The number of hydrogen-bond donors (Lipinski definition) is 0. The Morgan fingerprint density at radius 2 is 1.76 bits per heavy atom. The summed E-state index contributed by atoms with van der Waals surface area (Å²) in [4.78, 5) is 34.8. The van der Waals surface area contributed by atoms with Gasteiger partial charge in [0.15, 0.2) is 5.41 Å². The minimum atomic E-state index is -1.41. The molecule has 0 saturated heterocycles. The standard InChI is InChI=1S/C12H16O5/c1-7-5-12(10(14)16-3,11(15)17-4)8(2)9(7)6-13/h6,8H,5H2,1-4H3/t8-/m1/s1. The predicted molar refractivity (Wildman–Crippen MR) is 59.0 cm³/mol. The van der Waals surface area contributed by atoms with Crippen LogP contribution in [0, 0.1) is 11.3 Å². The lowest BCUT2D eigenvalue weighted by molar-refractivity contribution is -0.171. The summed E-state index contributed by atoms with van der Waals surface area (Å²) in [5, 5.41) is 0. The average Bonchev–Trinajstić information content (AvgIpc) is 2.59. The molecule has 0 saturated carbocycles. The summed E-state index contributed by atoms with van der Waals surface area (Å²) in [6, 6.07) is 0. The molecule has 5 heteroatoms. The summed E-state index contributed by atoms with van der Waals surface area (Å²) < 4.78 is 9.38. The van der Waals surface area contributed by atoms with E-state index >= 15 is 0 Å². The Labute approximate surface area is 99.8 Å². The lowest BCUT2D eigenvalue weighted by atomic mass is 9.76. The van der Waals surface area contributed by atoms with Gasteiger partial charge in [-0.3, -0.25) is 14.4 Å². The maximum absolute atomic E-state index is 11.9. The maximum atomic E-state index is 11.9. The fraction of sp³-hybridized carbons (Fsp3) is 0.583. The molecule has 5 nitrogen and oxygen atoms in total. The second-order valence-electron chi connectivity index (χ2n) is 4.21. The summed E-state index contributed by atoms with van der Waals surface area (Å²) >= 11 is 0. The van der Waals surface area contributed by atoms with Crippen LogP contribution in [0.5, 0.6) is 0 Å².